The lowest BCUT2D eigenvalue weighted by molar-refractivity contribution is 0.601. The van der Waals surface area contributed by atoms with Gasteiger partial charge in [-0.05, 0) is 55.3 Å². The predicted octanol–water partition coefficient (Wildman–Crippen LogP) is 3.80. The van der Waals surface area contributed by atoms with Gasteiger partial charge in [0.1, 0.15) is 10.7 Å². The molecule has 0 aliphatic rings. The predicted molar refractivity (Wildman–Crippen MR) is 104 cm³/mol. The number of anilines is 2. The normalized spacial score (nSPS) is 11.3. The second-order valence-corrected chi connectivity index (χ2v) is 7.92. The third kappa shape index (κ3) is 3.79. The number of nitrogens with zero attached hydrogens (tertiary/aromatic N) is 2. The molecule has 0 atom stereocenters. The van der Waals surface area contributed by atoms with Gasteiger partial charge in [0.25, 0.3) is 10.0 Å². The first-order valence-corrected chi connectivity index (χ1v) is 9.60. The number of aromatic nitrogens is 2. The Morgan fingerprint density at radius 2 is 1.81 bits per heavy atom. The Balaban J connectivity index is 2.00. The van der Waals surface area contributed by atoms with E-state index in [1.165, 1.54) is 6.07 Å². The van der Waals surface area contributed by atoms with Gasteiger partial charge in [0, 0.05) is 18.0 Å². The Labute approximate surface area is 157 Å². The van der Waals surface area contributed by atoms with Crippen LogP contribution in [0.2, 0.25) is 5.02 Å². The van der Waals surface area contributed by atoms with Crippen LogP contribution < -0.4 is 10.5 Å². The molecule has 0 aliphatic carbocycles. The first kappa shape index (κ1) is 18.2. The number of halogens is 1. The molecule has 0 saturated heterocycles. The fourth-order valence-electron chi connectivity index (χ4n) is 2.45. The lowest BCUT2D eigenvalue weighted by Gasteiger charge is -2.13. The summed E-state index contributed by atoms with van der Waals surface area (Å²) in [5.41, 5.74) is 9.02. The van der Waals surface area contributed by atoms with Gasteiger partial charge >= 0.3 is 0 Å². The molecule has 6 nitrogen and oxygen atoms in total. The zero-order valence-corrected chi connectivity index (χ0v) is 15.8. The molecule has 0 aliphatic heterocycles. The molecule has 2 heterocycles. The van der Waals surface area contributed by atoms with Crippen molar-refractivity contribution in [2.24, 2.45) is 0 Å². The van der Waals surface area contributed by atoms with Crippen LogP contribution in [0.1, 0.15) is 11.3 Å². The van der Waals surface area contributed by atoms with Crippen LogP contribution in [0.3, 0.4) is 0 Å². The van der Waals surface area contributed by atoms with Crippen molar-refractivity contribution in [1.82, 2.24) is 9.97 Å². The highest BCUT2D eigenvalue weighted by Gasteiger charge is 2.19. The molecule has 134 valence electrons. The third-order valence-electron chi connectivity index (χ3n) is 3.82. The number of benzene rings is 1. The Hall–Kier alpha value is -2.64. The molecule has 0 fully saturated rings. The van der Waals surface area contributed by atoms with Gasteiger partial charge in [-0.1, -0.05) is 17.7 Å². The maximum atomic E-state index is 12.7. The summed E-state index contributed by atoms with van der Waals surface area (Å²) < 4.78 is 28.0. The van der Waals surface area contributed by atoms with Crippen LogP contribution in [0.5, 0.6) is 0 Å². The molecule has 26 heavy (non-hydrogen) atoms. The highest BCUT2D eigenvalue weighted by atomic mass is 35.5. The largest absolute Gasteiger partial charge is 0.384 e. The summed E-state index contributed by atoms with van der Waals surface area (Å²) in [6.07, 6.45) is 3.24. The quantitative estimate of drug-likeness (QED) is 0.708. The summed E-state index contributed by atoms with van der Waals surface area (Å²) in [7, 11) is -3.85. The Morgan fingerprint density at radius 3 is 2.50 bits per heavy atom. The second-order valence-electron chi connectivity index (χ2n) is 5.87. The number of nitrogens with two attached hydrogens (primary N) is 1. The Morgan fingerprint density at radius 1 is 1.04 bits per heavy atom. The fraction of sp³-hybridized carbons (Fsp3) is 0.111. The summed E-state index contributed by atoms with van der Waals surface area (Å²) in [5.74, 6) is 0.372. The highest BCUT2D eigenvalue weighted by molar-refractivity contribution is 7.92. The second kappa shape index (κ2) is 6.93. The van der Waals surface area contributed by atoms with Gasteiger partial charge in [0.15, 0.2) is 0 Å². The Kier molecular flexibility index (Phi) is 4.84. The van der Waals surface area contributed by atoms with Crippen molar-refractivity contribution in [3.63, 3.8) is 0 Å². The van der Waals surface area contributed by atoms with Crippen molar-refractivity contribution in [1.29, 1.82) is 0 Å². The molecule has 8 heteroatoms. The molecule has 3 aromatic rings. The molecule has 0 unspecified atom stereocenters. The standard InChI is InChI=1S/C18H17ClN4O2S/c1-11-3-4-17(15(19)7-11)26(24,25)23-16-8-14(10-22-12(16)2)13-5-6-21-18(20)9-13/h3-10,23H,1-2H3,(H2,20,21). The van der Waals surface area contributed by atoms with E-state index in [0.29, 0.717) is 17.2 Å². The van der Waals surface area contributed by atoms with Crippen LogP contribution in [0.4, 0.5) is 11.5 Å². The molecule has 0 saturated carbocycles. The van der Waals surface area contributed by atoms with E-state index in [1.807, 2.05) is 6.92 Å². The molecule has 0 bridgehead atoms. The summed E-state index contributed by atoms with van der Waals surface area (Å²) in [6.45, 7) is 3.56. The number of aryl methyl sites for hydroxylation is 2. The summed E-state index contributed by atoms with van der Waals surface area (Å²) in [4.78, 5) is 8.25. The minimum atomic E-state index is -3.85. The number of nitrogens with one attached hydrogen (secondary N) is 1. The maximum absolute atomic E-state index is 12.7. The van der Waals surface area contributed by atoms with Gasteiger partial charge in [0.05, 0.1) is 16.4 Å². The molecule has 0 amide bonds. The molecule has 2 aromatic heterocycles. The summed E-state index contributed by atoms with van der Waals surface area (Å²) in [5, 5.41) is 0.168. The first-order valence-electron chi connectivity index (χ1n) is 7.74. The van der Waals surface area contributed by atoms with Crippen molar-refractivity contribution < 1.29 is 8.42 Å². The van der Waals surface area contributed by atoms with Gasteiger partial charge in [-0.15, -0.1) is 0 Å². The summed E-state index contributed by atoms with van der Waals surface area (Å²) in [6, 6.07) is 9.96. The lowest BCUT2D eigenvalue weighted by Crippen LogP contribution is -2.15. The van der Waals surface area contributed by atoms with Crippen LogP contribution in [0.15, 0.2) is 53.7 Å². The summed E-state index contributed by atoms with van der Waals surface area (Å²) >= 11 is 6.11. The maximum Gasteiger partial charge on any atom is 0.263 e. The van der Waals surface area contributed by atoms with E-state index in [0.717, 1.165) is 16.7 Å². The van der Waals surface area contributed by atoms with Crippen molar-refractivity contribution in [3.05, 3.63) is 65.1 Å². The van der Waals surface area contributed by atoms with Crippen molar-refractivity contribution in [2.75, 3.05) is 10.5 Å². The topological polar surface area (TPSA) is 98.0 Å². The average molecular weight is 389 g/mol. The van der Waals surface area contributed by atoms with Crippen LogP contribution in [0.25, 0.3) is 11.1 Å². The third-order valence-corrected chi connectivity index (χ3v) is 5.67. The molecule has 0 spiro atoms. The number of sulfonamides is 1. The lowest BCUT2D eigenvalue weighted by atomic mass is 10.1. The monoisotopic (exact) mass is 388 g/mol. The van der Waals surface area contributed by atoms with Crippen molar-refractivity contribution in [2.45, 2.75) is 18.7 Å². The minimum Gasteiger partial charge on any atom is -0.384 e. The number of hydrogen-bond donors (Lipinski definition) is 2. The molecule has 0 radical (unpaired) electrons. The van der Waals surface area contributed by atoms with Gasteiger partial charge in [0.2, 0.25) is 0 Å². The van der Waals surface area contributed by atoms with Crippen molar-refractivity contribution >= 4 is 33.1 Å². The van der Waals surface area contributed by atoms with E-state index >= 15 is 0 Å². The van der Waals surface area contributed by atoms with Crippen LogP contribution in [-0.4, -0.2) is 18.4 Å². The van der Waals surface area contributed by atoms with E-state index in [-0.39, 0.29) is 9.92 Å². The molecule has 3 N–H and O–H groups in total. The van der Waals surface area contributed by atoms with E-state index < -0.39 is 10.0 Å². The average Bonchev–Trinajstić information content (AvgIpc) is 2.56. The first-order chi connectivity index (χ1) is 12.3. The zero-order chi connectivity index (χ0) is 18.9. The molecule has 1 aromatic carbocycles. The number of nitrogen functional groups attached to an aromatic ring is 1. The minimum absolute atomic E-state index is 0.0164. The van der Waals surface area contributed by atoms with Crippen LogP contribution >= 0.6 is 11.6 Å². The SMILES string of the molecule is Cc1ccc(S(=O)(=O)Nc2cc(-c3ccnc(N)c3)cnc2C)c(Cl)c1. The number of hydrogen-bond acceptors (Lipinski definition) is 5. The smallest absolute Gasteiger partial charge is 0.263 e. The fourth-order valence-corrected chi connectivity index (χ4v) is 4.15. The molecular formula is C18H17ClN4O2S. The number of rotatable bonds is 4. The molecular weight excluding hydrogens is 372 g/mol. The van der Waals surface area contributed by atoms with E-state index in [9.17, 15) is 8.42 Å². The van der Waals surface area contributed by atoms with E-state index in [1.54, 1.807) is 49.6 Å². The number of pyridine rings is 2. The van der Waals surface area contributed by atoms with E-state index in [2.05, 4.69) is 14.7 Å². The zero-order valence-electron chi connectivity index (χ0n) is 14.2. The van der Waals surface area contributed by atoms with Gasteiger partial charge in [-0.3, -0.25) is 9.71 Å². The van der Waals surface area contributed by atoms with Gasteiger partial charge in [-0.2, -0.15) is 0 Å². The van der Waals surface area contributed by atoms with Gasteiger partial charge in [-0.25, -0.2) is 13.4 Å². The van der Waals surface area contributed by atoms with Crippen molar-refractivity contribution in [3.8, 4) is 11.1 Å². The van der Waals surface area contributed by atoms with Crippen LogP contribution in [0, 0.1) is 13.8 Å². The van der Waals surface area contributed by atoms with E-state index in [4.69, 9.17) is 17.3 Å². The van der Waals surface area contributed by atoms with Gasteiger partial charge < -0.3 is 5.73 Å². The Bertz CT molecular complexity index is 1080. The highest BCUT2D eigenvalue weighted by Crippen LogP contribution is 2.28. The molecule has 3 rings (SSSR count). The van der Waals surface area contributed by atoms with Crippen LogP contribution in [-0.2, 0) is 10.0 Å².